The Morgan fingerprint density at radius 1 is 1.30 bits per heavy atom. The summed E-state index contributed by atoms with van der Waals surface area (Å²) in [4.78, 5) is 23.6. The molecule has 0 radical (unpaired) electrons. The van der Waals surface area contributed by atoms with Gasteiger partial charge in [0.15, 0.2) is 0 Å². The molecule has 0 aromatic carbocycles. The molecule has 0 unspecified atom stereocenters. The molecule has 20 heavy (non-hydrogen) atoms. The molecule has 0 bridgehead atoms. The third kappa shape index (κ3) is 3.50. The predicted molar refractivity (Wildman–Crippen MR) is 74.7 cm³/mol. The van der Waals surface area contributed by atoms with Gasteiger partial charge < -0.3 is 10.4 Å². The van der Waals surface area contributed by atoms with Crippen LogP contribution >= 0.6 is 0 Å². The van der Waals surface area contributed by atoms with Crippen molar-refractivity contribution in [2.24, 2.45) is 0 Å². The van der Waals surface area contributed by atoms with Crippen molar-refractivity contribution in [3.63, 3.8) is 0 Å². The summed E-state index contributed by atoms with van der Waals surface area (Å²) in [5.41, 5.74) is 1.84. The Bertz CT molecular complexity index is 628. The van der Waals surface area contributed by atoms with Crippen LogP contribution in [0.25, 0.3) is 0 Å². The minimum Gasteiger partial charge on any atom is -0.478 e. The topological polar surface area (TPSA) is 88.0 Å². The first-order valence-corrected chi connectivity index (χ1v) is 6.35. The summed E-state index contributed by atoms with van der Waals surface area (Å²) < 4.78 is 0. The number of carboxylic acid groups (broad SMARTS) is 1. The summed E-state index contributed by atoms with van der Waals surface area (Å²) in [6.07, 6.45) is 2.33. The minimum atomic E-state index is -0.959. The maximum Gasteiger partial charge on any atom is 0.335 e. The van der Waals surface area contributed by atoms with Crippen LogP contribution in [0.15, 0.2) is 24.4 Å². The smallest absolute Gasteiger partial charge is 0.335 e. The van der Waals surface area contributed by atoms with E-state index < -0.39 is 5.97 Å². The zero-order chi connectivity index (χ0) is 14.5. The molecule has 0 saturated carbocycles. The zero-order valence-electron chi connectivity index (χ0n) is 11.4. The maximum atomic E-state index is 10.9. The van der Waals surface area contributed by atoms with E-state index in [9.17, 15) is 4.79 Å². The minimum absolute atomic E-state index is 0.227. The Morgan fingerprint density at radius 2 is 2.10 bits per heavy atom. The number of rotatable bonds is 5. The monoisotopic (exact) mass is 272 g/mol. The van der Waals surface area contributed by atoms with Crippen molar-refractivity contribution < 1.29 is 9.90 Å². The lowest BCUT2D eigenvalue weighted by atomic mass is 10.2. The average molecular weight is 272 g/mol. The van der Waals surface area contributed by atoms with E-state index in [0.29, 0.717) is 18.1 Å². The van der Waals surface area contributed by atoms with Gasteiger partial charge in [-0.15, -0.1) is 0 Å². The summed E-state index contributed by atoms with van der Waals surface area (Å²) >= 11 is 0. The van der Waals surface area contributed by atoms with Crippen LogP contribution in [0, 0.1) is 6.92 Å². The number of hydrogen-bond acceptors (Lipinski definition) is 5. The molecule has 2 aromatic heterocycles. The second-order valence-corrected chi connectivity index (χ2v) is 4.34. The lowest BCUT2D eigenvalue weighted by Crippen LogP contribution is -2.07. The first-order valence-electron chi connectivity index (χ1n) is 6.35. The summed E-state index contributed by atoms with van der Waals surface area (Å²) in [5, 5.41) is 12.1. The summed E-state index contributed by atoms with van der Waals surface area (Å²) in [7, 11) is 0. The molecule has 2 heterocycles. The van der Waals surface area contributed by atoms with Crippen molar-refractivity contribution in [3.05, 3.63) is 47.2 Å². The molecular formula is C14H16N4O2. The molecule has 2 N–H and O–H groups in total. The lowest BCUT2D eigenvalue weighted by Gasteiger charge is -2.08. The fourth-order valence-corrected chi connectivity index (χ4v) is 1.79. The second kappa shape index (κ2) is 6.10. The van der Waals surface area contributed by atoms with Gasteiger partial charge in [0.25, 0.3) is 0 Å². The number of carboxylic acids is 1. The van der Waals surface area contributed by atoms with Gasteiger partial charge in [-0.2, -0.15) is 0 Å². The van der Waals surface area contributed by atoms with Crippen molar-refractivity contribution in [1.82, 2.24) is 15.0 Å². The number of hydrogen-bond donors (Lipinski definition) is 2. The Kier molecular flexibility index (Phi) is 4.24. The number of pyridine rings is 1. The van der Waals surface area contributed by atoms with Gasteiger partial charge >= 0.3 is 5.97 Å². The van der Waals surface area contributed by atoms with Gasteiger partial charge in [0.2, 0.25) is 0 Å². The van der Waals surface area contributed by atoms with E-state index in [0.717, 1.165) is 17.9 Å². The van der Waals surface area contributed by atoms with Crippen LogP contribution in [-0.2, 0) is 13.0 Å². The molecule has 0 saturated heterocycles. The molecular weight excluding hydrogens is 256 g/mol. The number of aromatic carboxylic acids is 1. The third-order valence-electron chi connectivity index (χ3n) is 2.77. The average Bonchev–Trinajstić information content (AvgIpc) is 2.44. The number of anilines is 1. The van der Waals surface area contributed by atoms with Crippen LogP contribution < -0.4 is 5.32 Å². The fraction of sp³-hybridized carbons (Fsp3) is 0.286. The molecule has 0 fully saturated rings. The SMILES string of the molecule is CCc1cc(NCc2cc(C(=O)O)ccn2)nc(C)n1. The number of carbonyl (C=O) groups is 1. The maximum absolute atomic E-state index is 10.9. The van der Waals surface area contributed by atoms with E-state index >= 15 is 0 Å². The molecule has 0 aliphatic carbocycles. The van der Waals surface area contributed by atoms with Crippen LogP contribution in [0.2, 0.25) is 0 Å². The quantitative estimate of drug-likeness (QED) is 0.866. The zero-order valence-corrected chi connectivity index (χ0v) is 11.4. The number of aryl methyl sites for hydroxylation is 2. The van der Waals surface area contributed by atoms with Crippen LogP contribution in [0.5, 0.6) is 0 Å². The van der Waals surface area contributed by atoms with E-state index in [-0.39, 0.29) is 5.56 Å². The Hall–Kier alpha value is -2.50. The normalized spacial score (nSPS) is 10.3. The molecule has 104 valence electrons. The number of aromatic nitrogens is 3. The molecule has 2 aromatic rings. The Balaban J connectivity index is 2.10. The van der Waals surface area contributed by atoms with Crippen LogP contribution in [0.1, 0.15) is 34.5 Å². The van der Waals surface area contributed by atoms with Crippen molar-refractivity contribution in [3.8, 4) is 0 Å². The molecule has 0 aliphatic rings. The molecule has 0 spiro atoms. The molecule has 6 heteroatoms. The summed E-state index contributed by atoms with van der Waals surface area (Å²) in [6.45, 7) is 4.29. The van der Waals surface area contributed by atoms with E-state index in [4.69, 9.17) is 5.11 Å². The molecule has 0 atom stereocenters. The fourth-order valence-electron chi connectivity index (χ4n) is 1.79. The van der Waals surface area contributed by atoms with Crippen LogP contribution in [0.4, 0.5) is 5.82 Å². The van der Waals surface area contributed by atoms with Crippen molar-refractivity contribution >= 4 is 11.8 Å². The van der Waals surface area contributed by atoms with E-state index in [2.05, 4.69) is 20.3 Å². The van der Waals surface area contributed by atoms with Gasteiger partial charge in [-0.05, 0) is 25.5 Å². The highest BCUT2D eigenvalue weighted by atomic mass is 16.4. The van der Waals surface area contributed by atoms with Gasteiger partial charge in [0, 0.05) is 18.0 Å². The molecule has 6 nitrogen and oxygen atoms in total. The van der Waals surface area contributed by atoms with Crippen molar-refractivity contribution in [1.29, 1.82) is 0 Å². The summed E-state index contributed by atoms with van der Waals surface area (Å²) in [6, 6.07) is 4.90. The predicted octanol–water partition coefficient (Wildman–Crippen LogP) is 2.05. The highest BCUT2D eigenvalue weighted by molar-refractivity contribution is 5.87. The first-order chi connectivity index (χ1) is 9.58. The number of nitrogens with zero attached hydrogens (tertiary/aromatic N) is 3. The van der Waals surface area contributed by atoms with Gasteiger partial charge in [-0.3, -0.25) is 4.98 Å². The number of nitrogens with one attached hydrogen (secondary N) is 1. The van der Waals surface area contributed by atoms with Gasteiger partial charge in [-0.25, -0.2) is 14.8 Å². The molecule has 2 rings (SSSR count). The molecule has 0 amide bonds. The highest BCUT2D eigenvalue weighted by Gasteiger charge is 2.05. The first kappa shape index (κ1) is 13.9. The van der Waals surface area contributed by atoms with E-state index in [1.54, 1.807) is 6.07 Å². The van der Waals surface area contributed by atoms with E-state index in [1.165, 1.54) is 12.3 Å². The largest absolute Gasteiger partial charge is 0.478 e. The van der Waals surface area contributed by atoms with Gasteiger partial charge in [-0.1, -0.05) is 6.92 Å². The Labute approximate surface area is 116 Å². The standard InChI is InChI=1S/C14H16N4O2/c1-3-11-7-13(18-9(2)17-11)16-8-12-6-10(14(19)20)4-5-15-12/h4-7H,3,8H2,1-2H3,(H,19,20)(H,16,17,18). The van der Waals surface area contributed by atoms with Gasteiger partial charge in [0.05, 0.1) is 17.8 Å². The Morgan fingerprint density at radius 3 is 2.80 bits per heavy atom. The van der Waals surface area contributed by atoms with Gasteiger partial charge in [0.1, 0.15) is 11.6 Å². The van der Waals surface area contributed by atoms with Crippen molar-refractivity contribution in [2.75, 3.05) is 5.32 Å². The lowest BCUT2D eigenvalue weighted by molar-refractivity contribution is 0.0696. The summed E-state index contributed by atoms with van der Waals surface area (Å²) in [5.74, 6) is 0.468. The highest BCUT2D eigenvalue weighted by Crippen LogP contribution is 2.09. The second-order valence-electron chi connectivity index (χ2n) is 4.34. The molecule has 0 aliphatic heterocycles. The van der Waals surface area contributed by atoms with E-state index in [1.807, 2.05) is 19.9 Å². The van der Waals surface area contributed by atoms with Crippen LogP contribution in [0.3, 0.4) is 0 Å². The van der Waals surface area contributed by atoms with Crippen molar-refractivity contribution in [2.45, 2.75) is 26.8 Å². The third-order valence-corrected chi connectivity index (χ3v) is 2.77. The van der Waals surface area contributed by atoms with Crippen LogP contribution in [-0.4, -0.2) is 26.0 Å².